The van der Waals surface area contributed by atoms with Crippen molar-refractivity contribution in [3.05, 3.63) is 36.2 Å². The smallest absolute Gasteiger partial charge is 0.407 e. The van der Waals surface area contributed by atoms with Gasteiger partial charge in [0.1, 0.15) is 0 Å². The Kier molecular flexibility index (Phi) is 5.47. The fourth-order valence-corrected chi connectivity index (χ4v) is 1.58. The summed E-state index contributed by atoms with van der Waals surface area (Å²) in [6.45, 7) is -0.0387. The second kappa shape index (κ2) is 7.77. The van der Waals surface area contributed by atoms with Crippen molar-refractivity contribution in [3.8, 4) is 11.5 Å². The summed E-state index contributed by atoms with van der Waals surface area (Å²) < 4.78 is 9.82. The number of aromatic nitrogens is 2. The highest BCUT2D eigenvalue weighted by Gasteiger charge is 2.09. The predicted octanol–water partition coefficient (Wildman–Crippen LogP) is 0.751. The summed E-state index contributed by atoms with van der Waals surface area (Å²) in [6.07, 6.45) is -0.277. The Balaban J connectivity index is 1.75. The van der Waals surface area contributed by atoms with Crippen LogP contribution in [0.3, 0.4) is 0 Å². The molecule has 0 aliphatic heterocycles. The highest BCUT2D eigenvalue weighted by Crippen LogP contribution is 2.15. The first-order valence-corrected chi connectivity index (χ1v) is 6.68. The van der Waals surface area contributed by atoms with Crippen molar-refractivity contribution >= 4 is 12.0 Å². The van der Waals surface area contributed by atoms with Crippen LogP contribution in [-0.2, 0) is 16.0 Å². The third-order valence-corrected chi connectivity index (χ3v) is 2.72. The molecule has 22 heavy (non-hydrogen) atoms. The number of carbonyl (C=O) groups is 2. The van der Waals surface area contributed by atoms with Crippen LogP contribution in [0, 0.1) is 0 Å². The van der Waals surface area contributed by atoms with Gasteiger partial charge in [-0.15, -0.1) is 0 Å². The van der Waals surface area contributed by atoms with Crippen molar-refractivity contribution in [1.82, 2.24) is 20.8 Å². The van der Waals surface area contributed by atoms with Crippen LogP contribution in [-0.4, -0.2) is 42.3 Å². The van der Waals surface area contributed by atoms with Gasteiger partial charge in [0.2, 0.25) is 0 Å². The number of likely N-dealkylation sites (N-methyl/N-ethyl adjacent to an activating group) is 1. The van der Waals surface area contributed by atoms with Gasteiger partial charge in [0, 0.05) is 25.6 Å². The number of carbonyl (C=O) groups excluding carboxylic acids is 2. The Labute approximate surface area is 126 Å². The van der Waals surface area contributed by atoms with E-state index in [0.717, 1.165) is 5.56 Å². The summed E-state index contributed by atoms with van der Waals surface area (Å²) in [5, 5.41) is 8.68. The van der Waals surface area contributed by atoms with Gasteiger partial charge < -0.3 is 19.9 Å². The van der Waals surface area contributed by atoms with E-state index in [4.69, 9.17) is 4.52 Å². The summed E-state index contributed by atoms with van der Waals surface area (Å²) in [4.78, 5) is 26.4. The lowest BCUT2D eigenvalue weighted by Crippen LogP contribution is -2.31. The molecule has 116 valence electrons. The lowest BCUT2D eigenvalue weighted by atomic mass is 10.2. The summed E-state index contributed by atoms with van der Waals surface area (Å²) in [5.41, 5.74) is 0.833. The Morgan fingerprint density at radius 2 is 2.05 bits per heavy atom. The molecule has 2 aromatic rings. The molecule has 0 aliphatic carbocycles. The second-order valence-corrected chi connectivity index (χ2v) is 4.31. The maximum atomic E-state index is 11.3. The van der Waals surface area contributed by atoms with Crippen LogP contribution in [0.4, 0.5) is 4.79 Å². The number of rotatable bonds is 6. The fourth-order valence-electron chi connectivity index (χ4n) is 1.58. The van der Waals surface area contributed by atoms with Crippen LogP contribution < -0.4 is 10.6 Å². The molecule has 2 N–H and O–H groups in total. The first-order valence-electron chi connectivity index (χ1n) is 6.68. The Bertz CT molecular complexity index is 627. The first-order chi connectivity index (χ1) is 10.7. The van der Waals surface area contributed by atoms with Crippen LogP contribution in [0.25, 0.3) is 11.5 Å². The average Bonchev–Trinajstić information content (AvgIpc) is 3.02. The zero-order valence-electron chi connectivity index (χ0n) is 12.0. The summed E-state index contributed by atoms with van der Waals surface area (Å²) in [7, 11) is 1.46. The van der Waals surface area contributed by atoms with Gasteiger partial charge >= 0.3 is 6.09 Å². The molecule has 0 fully saturated rings. The van der Waals surface area contributed by atoms with E-state index in [1.165, 1.54) is 7.05 Å². The van der Waals surface area contributed by atoms with Crippen molar-refractivity contribution in [3.63, 3.8) is 0 Å². The zero-order chi connectivity index (χ0) is 15.8. The number of nitrogens with zero attached hydrogens (tertiary/aromatic N) is 2. The number of nitrogens with one attached hydrogen (secondary N) is 2. The largest absolute Gasteiger partial charge is 0.439 e. The van der Waals surface area contributed by atoms with Crippen LogP contribution >= 0.6 is 0 Å². The molecule has 0 bridgehead atoms. The maximum Gasteiger partial charge on any atom is 0.407 e. The number of hydrogen-bond acceptors (Lipinski definition) is 6. The molecule has 0 radical (unpaired) electrons. The predicted molar refractivity (Wildman–Crippen MR) is 76.9 cm³/mol. The van der Waals surface area contributed by atoms with E-state index in [9.17, 15) is 9.59 Å². The molecule has 8 heteroatoms. The molecule has 0 unspecified atom stereocenters. The second-order valence-electron chi connectivity index (χ2n) is 4.31. The molecule has 0 saturated carbocycles. The van der Waals surface area contributed by atoms with Crippen LogP contribution in [0.5, 0.6) is 0 Å². The van der Waals surface area contributed by atoms with E-state index in [-0.39, 0.29) is 19.1 Å². The summed E-state index contributed by atoms with van der Waals surface area (Å²) in [5.74, 6) is 0.532. The standard InChI is InChI=1S/C14H16N4O4/c1-15-12(19)9-21-14(20)16-8-7-11-17-13(22-18-11)10-5-3-2-4-6-10/h2-6H,7-9H2,1H3,(H,15,19)(H,16,20). The van der Waals surface area contributed by atoms with Crippen LogP contribution in [0.1, 0.15) is 5.82 Å². The molecular weight excluding hydrogens is 288 g/mol. The van der Waals surface area contributed by atoms with E-state index < -0.39 is 6.09 Å². The number of ether oxygens (including phenoxy) is 1. The molecule has 8 nitrogen and oxygen atoms in total. The van der Waals surface area contributed by atoms with Gasteiger partial charge in [-0.2, -0.15) is 4.98 Å². The minimum Gasteiger partial charge on any atom is -0.439 e. The summed E-state index contributed by atoms with van der Waals surface area (Å²) in [6, 6.07) is 9.39. The van der Waals surface area contributed by atoms with Gasteiger partial charge in [0.05, 0.1) is 0 Å². The fraction of sp³-hybridized carbons (Fsp3) is 0.286. The number of hydrogen-bond donors (Lipinski definition) is 2. The third-order valence-electron chi connectivity index (χ3n) is 2.72. The molecule has 2 rings (SSSR count). The third kappa shape index (κ3) is 4.58. The van der Waals surface area contributed by atoms with Gasteiger partial charge in [-0.3, -0.25) is 4.79 Å². The lowest BCUT2D eigenvalue weighted by molar-refractivity contribution is -0.123. The lowest BCUT2D eigenvalue weighted by Gasteiger charge is -2.04. The van der Waals surface area contributed by atoms with Gasteiger partial charge in [-0.1, -0.05) is 23.4 Å². The van der Waals surface area contributed by atoms with E-state index in [0.29, 0.717) is 18.1 Å². The number of amides is 2. The normalized spacial score (nSPS) is 10.0. The molecule has 0 atom stereocenters. The van der Waals surface area contributed by atoms with E-state index in [2.05, 4.69) is 25.5 Å². The Hall–Kier alpha value is -2.90. The Morgan fingerprint density at radius 1 is 1.27 bits per heavy atom. The van der Waals surface area contributed by atoms with E-state index in [1.807, 2.05) is 30.3 Å². The maximum absolute atomic E-state index is 11.3. The summed E-state index contributed by atoms with van der Waals surface area (Å²) >= 11 is 0. The topological polar surface area (TPSA) is 106 Å². The van der Waals surface area contributed by atoms with Crippen molar-refractivity contribution in [1.29, 1.82) is 0 Å². The minimum absolute atomic E-state index is 0.278. The van der Waals surface area contributed by atoms with Gasteiger partial charge in [0.25, 0.3) is 11.8 Å². The van der Waals surface area contributed by atoms with Crippen LogP contribution in [0.15, 0.2) is 34.9 Å². The highest BCUT2D eigenvalue weighted by molar-refractivity contribution is 5.79. The van der Waals surface area contributed by atoms with Crippen molar-refractivity contribution in [2.75, 3.05) is 20.2 Å². The molecule has 2 amide bonds. The SMILES string of the molecule is CNC(=O)COC(=O)NCCc1noc(-c2ccccc2)n1. The number of benzene rings is 1. The molecule has 0 saturated heterocycles. The van der Waals surface area contributed by atoms with Crippen molar-refractivity contribution in [2.45, 2.75) is 6.42 Å². The average molecular weight is 304 g/mol. The van der Waals surface area contributed by atoms with Gasteiger partial charge in [-0.25, -0.2) is 4.79 Å². The highest BCUT2D eigenvalue weighted by atomic mass is 16.6. The zero-order valence-corrected chi connectivity index (χ0v) is 12.0. The molecule has 1 heterocycles. The minimum atomic E-state index is -0.671. The Morgan fingerprint density at radius 3 is 2.77 bits per heavy atom. The first kappa shape index (κ1) is 15.5. The molecule has 1 aromatic heterocycles. The van der Waals surface area contributed by atoms with E-state index >= 15 is 0 Å². The number of alkyl carbamates (subject to hydrolysis) is 1. The molecule has 0 aliphatic rings. The van der Waals surface area contributed by atoms with E-state index in [1.54, 1.807) is 0 Å². The van der Waals surface area contributed by atoms with Gasteiger partial charge in [0.15, 0.2) is 12.4 Å². The monoisotopic (exact) mass is 304 g/mol. The van der Waals surface area contributed by atoms with Gasteiger partial charge in [-0.05, 0) is 12.1 Å². The quantitative estimate of drug-likeness (QED) is 0.815. The van der Waals surface area contributed by atoms with Crippen LogP contribution in [0.2, 0.25) is 0 Å². The molecular formula is C14H16N4O4. The van der Waals surface area contributed by atoms with Crippen molar-refractivity contribution in [2.24, 2.45) is 0 Å². The molecule has 1 aromatic carbocycles. The molecule has 0 spiro atoms. The van der Waals surface area contributed by atoms with Crippen molar-refractivity contribution < 1.29 is 18.8 Å².